The Labute approximate surface area is 79.2 Å². The normalized spacial score (nSPS) is 25.5. The molecule has 1 atom stereocenters. The first-order valence-electron chi connectivity index (χ1n) is 4.51. The van der Waals surface area contributed by atoms with Crippen molar-refractivity contribution in [3.63, 3.8) is 0 Å². The maximum atomic E-state index is 5.53. The smallest absolute Gasteiger partial charge is 0.406 e. The Morgan fingerprint density at radius 1 is 1.23 bits per heavy atom. The van der Waals surface area contributed by atoms with Crippen LogP contribution in [0.25, 0.3) is 0 Å². The lowest BCUT2D eigenvalue weighted by molar-refractivity contribution is 0.0730. The second-order valence-electron chi connectivity index (χ2n) is 3.82. The van der Waals surface area contributed by atoms with E-state index in [1.165, 1.54) is 5.56 Å². The number of hydrogen-bond donors (Lipinski definition) is 0. The van der Waals surface area contributed by atoms with E-state index in [0.717, 1.165) is 0 Å². The monoisotopic (exact) mass is 176 g/mol. The highest BCUT2D eigenvalue weighted by Gasteiger charge is 2.38. The largest absolute Gasteiger partial charge is 0.439 e. The summed E-state index contributed by atoms with van der Waals surface area (Å²) >= 11 is 0. The van der Waals surface area contributed by atoms with Crippen molar-refractivity contribution in [2.75, 3.05) is 0 Å². The summed E-state index contributed by atoms with van der Waals surface area (Å²) in [6.07, 6.45) is 0.0636. The SMILES string of the molecule is CC1(C)OBO[C@H]1c1ccccc1. The van der Waals surface area contributed by atoms with E-state index in [4.69, 9.17) is 9.31 Å². The van der Waals surface area contributed by atoms with E-state index in [2.05, 4.69) is 26.0 Å². The van der Waals surface area contributed by atoms with E-state index >= 15 is 0 Å². The zero-order valence-corrected chi connectivity index (χ0v) is 7.99. The quantitative estimate of drug-likeness (QED) is 0.607. The Hall–Kier alpha value is -0.795. The number of rotatable bonds is 1. The Kier molecular flexibility index (Phi) is 2.14. The zero-order chi connectivity index (χ0) is 9.31. The van der Waals surface area contributed by atoms with Crippen molar-refractivity contribution in [2.24, 2.45) is 0 Å². The number of hydrogen-bond acceptors (Lipinski definition) is 2. The van der Waals surface area contributed by atoms with Crippen LogP contribution in [-0.4, -0.2) is 13.3 Å². The van der Waals surface area contributed by atoms with Crippen LogP contribution < -0.4 is 0 Å². The summed E-state index contributed by atoms with van der Waals surface area (Å²) in [4.78, 5) is 0. The van der Waals surface area contributed by atoms with Gasteiger partial charge < -0.3 is 9.31 Å². The molecule has 0 aromatic heterocycles. The predicted molar refractivity (Wildman–Crippen MR) is 52.6 cm³/mol. The molecule has 1 aliphatic rings. The highest BCUT2D eigenvalue weighted by Crippen LogP contribution is 2.35. The average Bonchev–Trinajstić information content (AvgIpc) is 2.47. The van der Waals surface area contributed by atoms with Gasteiger partial charge in [-0.1, -0.05) is 30.3 Å². The summed E-state index contributed by atoms with van der Waals surface area (Å²) < 4.78 is 11.0. The van der Waals surface area contributed by atoms with Crippen molar-refractivity contribution in [3.05, 3.63) is 35.9 Å². The van der Waals surface area contributed by atoms with E-state index < -0.39 is 0 Å². The lowest BCUT2D eigenvalue weighted by Crippen LogP contribution is -2.25. The molecule has 0 spiro atoms. The van der Waals surface area contributed by atoms with E-state index in [1.54, 1.807) is 0 Å². The fourth-order valence-corrected chi connectivity index (χ4v) is 1.66. The molecule has 0 aliphatic carbocycles. The van der Waals surface area contributed by atoms with Crippen LogP contribution >= 0.6 is 0 Å². The van der Waals surface area contributed by atoms with E-state index in [0.29, 0.717) is 7.69 Å². The molecule has 0 N–H and O–H groups in total. The standard InChI is InChI=1S/C10H13BO2/c1-10(2)9(12-11-13-10)8-6-4-3-5-7-8/h3-7,9,11H,1-2H3/t9-/m0/s1. The van der Waals surface area contributed by atoms with Crippen LogP contribution in [-0.2, 0) is 9.31 Å². The third-order valence-corrected chi connectivity index (χ3v) is 2.40. The molecule has 68 valence electrons. The minimum absolute atomic E-state index is 0.0636. The first kappa shape index (κ1) is 8.79. The predicted octanol–water partition coefficient (Wildman–Crippen LogP) is 1.82. The third-order valence-electron chi connectivity index (χ3n) is 2.40. The lowest BCUT2D eigenvalue weighted by Gasteiger charge is -2.25. The van der Waals surface area contributed by atoms with Crippen molar-refractivity contribution in [1.29, 1.82) is 0 Å². The van der Waals surface area contributed by atoms with Crippen LogP contribution in [0, 0.1) is 0 Å². The molecule has 1 aromatic carbocycles. The van der Waals surface area contributed by atoms with Crippen LogP contribution in [0.5, 0.6) is 0 Å². The summed E-state index contributed by atoms with van der Waals surface area (Å²) in [5.74, 6) is 0. The van der Waals surface area contributed by atoms with Crippen molar-refractivity contribution in [1.82, 2.24) is 0 Å². The van der Waals surface area contributed by atoms with Gasteiger partial charge in [-0.3, -0.25) is 0 Å². The Balaban J connectivity index is 2.27. The van der Waals surface area contributed by atoms with Crippen LogP contribution in [0.1, 0.15) is 25.5 Å². The molecule has 1 fully saturated rings. The first-order chi connectivity index (χ1) is 6.20. The zero-order valence-electron chi connectivity index (χ0n) is 7.99. The number of benzene rings is 1. The minimum Gasteiger partial charge on any atom is -0.406 e. The molecule has 1 heterocycles. The molecule has 1 saturated heterocycles. The highest BCUT2D eigenvalue weighted by atomic mass is 16.6. The summed E-state index contributed by atoms with van der Waals surface area (Å²) in [5, 5.41) is 0. The van der Waals surface area contributed by atoms with Crippen LogP contribution in [0.3, 0.4) is 0 Å². The molecular formula is C10H13BO2. The summed E-state index contributed by atoms with van der Waals surface area (Å²) in [7, 11) is 0.395. The van der Waals surface area contributed by atoms with E-state index in [-0.39, 0.29) is 11.7 Å². The molecular weight excluding hydrogens is 163 g/mol. The van der Waals surface area contributed by atoms with Gasteiger partial charge in [-0.15, -0.1) is 0 Å². The molecule has 0 amide bonds. The molecule has 1 aliphatic heterocycles. The lowest BCUT2D eigenvalue weighted by atomic mass is 9.95. The average molecular weight is 176 g/mol. The molecule has 0 bridgehead atoms. The van der Waals surface area contributed by atoms with Crippen molar-refractivity contribution >= 4 is 7.69 Å². The summed E-state index contributed by atoms with van der Waals surface area (Å²) in [6, 6.07) is 10.2. The van der Waals surface area contributed by atoms with E-state index in [1.807, 2.05) is 18.2 Å². The van der Waals surface area contributed by atoms with Crippen molar-refractivity contribution in [3.8, 4) is 0 Å². The fraction of sp³-hybridized carbons (Fsp3) is 0.400. The molecule has 0 radical (unpaired) electrons. The van der Waals surface area contributed by atoms with Gasteiger partial charge in [0.2, 0.25) is 0 Å². The molecule has 3 heteroatoms. The Morgan fingerprint density at radius 3 is 2.46 bits per heavy atom. The van der Waals surface area contributed by atoms with Gasteiger partial charge in [0.1, 0.15) is 0 Å². The van der Waals surface area contributed by atoms with Gasteiger partial charge in [-0.25, -0.2) is 0 Å². The second kappa shape index (κ2) is 3.16. The van der Waals surface area contributed by atoms with Crippen LogP contribution in [0.2, 0.25) is 0 Å². The van der Waals surface area contributed by atoms with Crippen molar-refractivity contribution in [2.45, 2.75) is 25.6 Å². The van der Waals surface area contributed by atoms with Gasteiger partial charge in [0.25, 0.3) is 0 Å². The van der Waals surface area contributed by atoms with Gasteiger partial charge in [0.15, 0.2) is 0 Å². The van der Waals surface area contributed by atoms with Gasteiger partial charge in [0.05, 0.1) is 11.7 Å². The first-order valence-corrected chi connectivity index (χ1v) is 4.51. The van der Waals surface area contributed by atoms with Crippen LogP contribution in [0.15, 0.2) is 30.3 Å². The van der Waals surface area contributed by atoms with Gasteiger partial charge in [-0.05, 0) is 19.4 Å². The molecule has 0 saturated carbocycles. The molecule has 13 heavy (non-hydrogen) atoms. The van der Waals surface area contributed by atoms with Gasteiger partial charge >= 0.3 is 7.69 Å². The highest BCUT2D eigenvalue weighted by molar-refractivity contribution is 6.19. The Morgan fingerprint density at radius 2 is 1.92 bits per heavy atom. The maximum Gasteiger partial charge on any atom is 0.439 e. The maximum absolute atomic E-state index is 5.53. The third kappa shape index (κ3) is 1.62. The van der Waals surface area contributed by atoms with E-state index in [9.17, 15) is 0 Å². The molecule has 2 nitrogen and oxygen atoms in total. The summed E-state index contributed by atoms with van der Waals surface area (Å²) in [5.41, 5.74) is 0.978. The molecule has 2 rings (SSSR count). The molecule has 0 unspecified atom stereocenters. The minimum atomic E-state index is -0.207. The Bertz CT molecular complexity index is 284. The second-order valence-corrected chi connectivity index (χ2v) is 3.82. The summed E-state index contributed by atoms with van der Waals surface area (Å²) in [6.45, 7) is 4.11. The molecule has 1 aromatic rings. The van der Waals surface area contributed by atoms with Crippen LogP contribution in [0.4, 0.5) is 0 Å². The fourth-order valence-electron chi connectivity index (χ4n) is 1.66. The topological polar surface area (TPSA) is 18.5 Å². The van der Waals surface area contributed by atoms with Gasteiger partial charge in [0, 0.05) is 0 Å². The van der Waals surface area contributed by atoms with Gasteiger partial charge in [-0.2, -0.15) is 0 Å². The van der Waals surface area contributed by atoms with Crippen molar-refractivity contribution < 1.29 is 9.31 Å².